The van der Waals surface area contributed by atoms with Crippen LogP contribution in [0, 0.1) is 0 Å². The molecule has 0 atom stereocenters. The van der Waals surface area contributed by atoms with E-state index in [0.29, 0.717) is 5.89 Å². The van der Waals surface area contributed by atoms with E-state index in [9.17, 15) is 0 Å². The summed E-state index contributed by atoms with van der Waals surface area (Å²) in [6.07, 6.45) is 1.81. The van der Waals surface area contributed by atoms with Crippen molar-refractivity contribution in [1.29, 1.82) is 0 Å². The van der Waals surface area contributed by atoms with E-state index in [2.05, 4.69) is 138 Å². The Balaban J connectivity index is 1.10. The van der Waals surface area contributed by atoms with Crippen molar-refractivity contribution in [1.82, 2.24) is 9.97 Å². The SMILES string of the molecule is c1cc(-c2ccc3c(ccc4ccc5nc(-c6ccc7ncccc7c6)oc5c43)c2)cc(-c2cc3ccccc3c3ccccc23)c1. The van der Waals surface area contributed by atoms with Crippen LogP contribution >= 0.6 is 0 Å². The van der Waals surface area contributed by atoms with E-state index in [1.807, 2.05) is 24.4 Å². The van der Waals surface area contributed by atoms with Gasteiger partial charge in [0.05, 0.1) is 5.52 Å². The molecule has 2 heterocycles. The predicted molar refractivity (Wildman–Crippen MR) is 196 cm³/mol. The van der Waals surface area contributed by atoms with Crippen molar-refractivity contribution in [3.63, 3.8) is 0 Å². The normalized spacial score (nSPS) is 11.8. The van der Waals surface area contributed by atoms with E-state index in [4.69, 9.17) is 9.40 Å². The van der Waals surface area contributed by atoms with Gasteiger partial charge in [0.2, 0.25) is 5.89 Å². The second kappa shape index (κ2) is 10.1. The summed E-state index contributed by atoms with van der Waals surface area (Å²) < 4.78 is 6.54. The Kier molecular flexibility index (Phi) is 5.57. The number of hydrogen-bond donors (Lipinski definition) is 0. The van der Waals surface area contributed by atoms with Gasteiger partial charge < -0.3 is 4.42 Å². The van der Waals surface area contributed by atoms with E-state index < -0.39 is 0 Å². The molecule has 3 nitrogen and oxygen atoms in total. The van der Waals surface area contributed by atoms with Gasteiger partial charge in [-0.25, -0.2) is 4.98 Å². The fourth-order valence-corrected chi connectivity index (χ4v) is 7.20. The minimum atomic E-state index is 0.616. The fourth-order valence-electron chi connectivity index (χ4n) is 7.20. The molecule has 218 valence electrons. The molecule has 3 heteroatoms. The van der Waals surface area contributed by atoms with Crippen molar-refractivity contribution < 1.29 is 4.42 Å². The Morgan fingerprint density at radius 1 is 0.404 bits per heavy atom. The lowest BCUT2D eigenvalue weighted by molar-refractivity contribution is 0.623. The molecular weight excluding hydrogens is 572 g/mol. The number of nitrogens with zero attached hydrogens (tertiary/aromatic N) is 2. The van der Waals surface area contributed by atoms with Crippen molar-refractivity contribution in [3.8, 4) is 33.7 Å². The third-order valence-electron chi connectivity index (χ3n) is 9.48. The van der Waals surface area contributed by atoms with Crippen LogP contribution in [0.15, 0.2) is 162 Å². The van der Waals surface area contributed by atoms with Crippen LogP contribution in [-0.4, -0.2) is 9.97 Å². The second-order valence-corrected chi connectivity index (χ2v) is 12.2. The first-order valence-electron chi connectivity index (χ1n) is 15.9. The highest BCUT2D eigenvalue weighted by Gasteiger charge is 2.15. The molecule has 0 aliphatic carbocycles. The molecule has 0 amide bonds. The first-order valence-corrected chi connectivity index (χ1v) is 15.9. The van der Waals surface area contributed by atoms with Gasteiger partial charge >= 0.3 is 0 Å². The van der Waals surface area contributed by atoms with Crippen molar-refractivity contribution in [2.24, 2.45) is 0 Å². The summed E-state index contributed by atoms with van der Waals surface area (Å²) in [5, 5.41) is 10.7. The molecule has 10 rings (SSSR count). The summed E-state index contributed by atoms with van der Waals surface area (Å²) in [6.45, 7) is 0. The third kappa shape index (κ3) is 4.14. The molecular formula is C44H26N2O. The molecule has 0 aliphatic rings. The minimum absolute atomic E-state index is 0.616. The Morgan fingerprint density at radius 3 is 2.06 bits per heavy atom. The average Bonchev–Trinajstić information content (AvgIpc) is 3.59. The molecule has 47 heavy (non-hydrogen) atoms. The van der Waals surface area contributed by atoms with Gasteiger partial charge in [0.25, 0.3) is 0 Å². The summed E-state index contributed by atoms with van der Waals surface area (Å²) in [6, 6.07) is 54.1. The molecule has 0 unspecified atom stereocenters. The maximum atomic E-state index is 6.54. The highest BCUT2D eigenvalue weighted by Crippen LogP contribution is 2.39. The molecule has 0 saturated heterocycles. The highest BCUT2D eigenvalue weighted by molar-refractivity contribution is 6.18. The molecule has 0 radical (unpaired) electrons. The van der Waals surface area contributed by atoms with Crippen LogP contribution in [-0.2, 0) is 0 Å². The molecule has 8 aromatic carbocycles. The summed E-state index contributed by atoms with van der Waals surface area (Å²) in [4.78, 5) is 9.36. The average molecular weight is 599 g/mol. The quantitative estimate of drug-likeness (QED) is 0.190. The zero-order chi connectivity index (χ0) is 30.9. The Hall–Kier alpha value is -6.32. The lowest BCUT2D eigenvalue weighted by Crippen LogP contribution is -1.86. The molecule has 0 spiro atoms. The van der Waals surface area contributed by atoms with Crippen LogP contribution in [0.1, 0.15) is 0 Å². The van der Waals surface area contributed by atoms with Crippen LogP contribution in [0.25, 0.3) is 98.8 Å². The van der Waals surface area contributed by atoms with E-state index in [1.165, 1.54) is 49.2 Å². The predicted octanol–water partition coefficient (Wildman–Crippen LogP) is 12.0. The van der Waals surface area contributed by atoms with Crippen LogP contribution in [0.4, 0.5) is 0 Å². The van der Waals surface area contributed by atoms with Crippen LogP contribution < -0.4 is 0 Å². The molecule has 0 aliphatic heterocycles. The summed E-state index contributed by atoms with van der Waals surface area (Å²) in [5.41, 5.74) is 8.39. The maximum Gasteiger partial charge on any atom is 0.227 e. The number of oxazole rings is 1. The maximum absolute atomic E-state index is 6.54. The summed E-state index contributed by atoms with van der Waals surface area (Å²) in [7, 11) is 0. The van der Waals surface area contributed by atoms with Crippen LogP contribution in [0.2, 0.25) is 0 Å². The summed E-state index contributed by atoms with van der Waals surface area (Å²) in [5.74, 6) is 0.616. The third-order valence-corrected chi connectivity index (χ3v) is 9.48. The van der Waals surface area contributed by atoms with Gasteiger partial charge in [0.15, 0.2) is 5.58 Å². The fraction of sp³-hybridized carbons (Fsp3) is 0. The lowest BCUT2D eigenvalue weighted by Gasteiger charge is -2.13. The van der Waals surface area contributed by atoms with Crippen molar-refractivity contribution in [3.05, 3.63) is 158 Å². The van der Waals surface area contributed by atoms with Gasteiger partial charge in [-0.15, -0.1) is 0 Å². The van der Waals surface area contributed by atoms with Gasteiger partial charge in [0, 0.05) is 22.5 Å². The monoisotopic (exact) mass is 598 g/mol. The van der Waals surface area contributed by atoms with E-state index >= 15 is 0 Å². The Bertz CT molecular complexity index is 2860. The highest BCUT2D eigenvalue weighted by atomic mass is 16.3. The molecule has 0 N–H and O–H groups in total. The number of benzene rings is 8. The first-order chi connectivity index (χ1) is 23.3. The van der Waals surface area contributed by atoms with E-state index in [-0.39, 0.29) is 0 Å². The van der Waals surface area contributed by atoms with Gasteiger partial charge in [-0.3, -0.25) is 4.98 Å². The summed E-state index contributed by atoms with van der Waals surface area (Å²) >= 11 is 0. The van der Waals surface area contributed by atoms with E-state index in [0.717, 1.165) is 43.7 Å². The van der Waals surface area contributed by atoms with Gasteiger partial charge in [-0.2, -0.15) is 0 Å². The molecule has 0 fully saturated rings. The number of aromatic nitrogens is 2. The topological polar surface area (TPSA) is 38.9 Å². The number of hydrogen-bond acceptors (Lipinski definition) is 3. The number of rotatable bonds is 3. The van der Waals surface area contributed by atoms with E-state index in [1.54, 1.807) is 0 Å². The number of pyridine rings is 1. The standard InChI is InChI=1S/C44H26N2O/c1-2-11-35-31(7-1)26-39(38-13-4-3-12-37(35)38)30-9-5-8-28(23-30)29-16-19-36-32(24-29)15-14-27-17-21-41-43(42(27)36)47-44(46-41)34-18-20-40-33(25-34)10-6-22-45-40/h1-26H. The van der Waals surface area contributed by atoms with Crippen LogP contribution in [0.3, 0.4) is 0 Å². The molecule has 0 bridgehead atoms. The number of fused-ring (bicyclic) bond motifs is 9. The Morgan fingerprint density at radius 2 is 1.11 bits per heavy atom. The van der Waals surface area contributed by atoms with Crippen molar-refractivity contribution >= 4 is 65.1 Å². The largest absolute Gasteiger partial charge is 0.435 e. The minimum Gasteiger partial charge on any atom is -0.435 e. The van der Waals surface area contributed by atoms with Crippen molar-refractivity contribution in [2.45, 2.75) is 0 Å². The Labute approximate surface area is 270 Å². The molecule has 0 saturated carbocycles. The van der Waals surface area contributed by atoms with Gasteiger partial charge in [-0.05, 0) is 108 Å². The zero-order valence-corrected chi connectivity index (χ0v) is 25.3. The lowest BCUT2D eigenvalue weighted by atomic mass is 9.91. The second-order valence-electron chi connectivity index (χ2n) is 12.2. The smallest absolute Gasteiger partial charge is 0.227 e. The zero-order valence-electron chi connectivity index (χ0n) is 25.3. The van der Waals surface area contributed by atoms with Gasteiger partial charge in [-0.1, -0.05) is 103 Å². The molecule has 10 aromatic rings. The van der Waals surface area contributed by atoms with Crippen LogP contribution in [0.5, 0.6) is 0 Å². The molecule has 2 aromatic heterocycles. The van der Waals surface area contributed by atoms with Gasteiger partial charge in [0.1, 0.15) is 5.52 Å². The van der Waals surface area contributed by atoms with Crippen molar-refractivity contribution in [2.75, 3.05) is 0 Å². The first kappa shape index (κ1) is 26.0.